The number of ether oxygens (including phenoxy) is 1. The van der Waals surface area contributed by atoms with E-state index in [0.29, 0.717) is 6.42 Å². The van der Waals surface area contributed by atoms with Crippen LogP contribution in [-0.2, 0) is 21.4 Å². The maximum Gasteiger partial charge on any atom is 0.220 e. The number of benzene rings is 1. The van der Waals surface area contributed by atoms with E-state index in [4.69, 9.17) is 4.74 Å². The van der Waals surface area contributed by atoms with Gasteiger partial charge in [-0.25, -0.2) is 0 Å². The first-order chi connectivity index (χ1) is 10.4. The predicted octanol–water partition coefficient (Wildman–Crippen LogP) is 3.85. The van der Waals surface area contributed by atoms with Gasteiger partial charge in [0.15, 0.2) is 0 Å². The third-order valence-corrected chi connectivity index (χ3v) is 3.79. The van der Waals surface area contributed by atoms with Crippen LogP contribution in [0, 0.1) is 0 Å². The van der Waals surface area contributed by atoms with Crippen molar-refractivity contribution in [3.8, 4) is 0 Å². The second kappa shape index (κ2) is 9.62. The summed E-state index contributed by atoms with van der Waals surface area (Å²) in [4.78, 5) is 11.7. The molecule has 124 valence electrons. The molecule has 0 radical (unpaired) electrons. The Balaban J connectivity index is 2.20. The summed E-state index contributed by atoms with van der Waals surface area (Å²) in [5.41, 5.74) is 2.85. The lowest BCUT2D eigenvalue weighted by Gasteiger charge is -2.19. The highest BCUT2D eigenvalue weighted by atomic mass is 16.5. The van der Waals surface area contributed by atoms with Crippen LogP contribution in [0.25, 0.3) is 0 Å². The Morgan fingerprint density at radius 2 is 1.77 bits per heavy atom. The summed E-state index contributed by atoms with van der Waals surface area (Å²) >= 11 is 0. The summed E-state index contributed by atoms with van der Waals surface area (Å²) in [6, 6.07) is 8.77. The zero-order valence-corrected chi connectivity index (χ0v) is 14.6. The van der Waals surface area contributed by atoms with Crippen LogP contribution in [-0.4, -0.2) is 26.2 Å². The van der Waals surface area contributed by atoms with Crippen molar-refractivity contribution in [3.63, 3.8) is 0 Å². The third kappa shape index (κ3) is 7.60. The minimum Gasteiger partial charge on any atom is -0.385 e. The Kier molecular flexibility index (Phi) is 8.18. The van der Waals surface area contributed by atoms with Gasteiger partial charge in [0.25, 0.3) is 0 Å². The minimum absolute atomic E-state index is 0.156. The van der Waals surface area contributed by atoms with E-state index in [1.54, 1.807) is 7.11 Å². The van der Waals surface area contributed by atoms with E-state index in [0.717, 1.165) is 38.8 Å². The van der Waals surface area contributed by atoms with Gasteiger partial charge in [0.1, 0.15) is 0 Å². The standard InChI is InChI=1S/C19H31NO2/c1-19(2,3)17-12-10-16(11-13-17)8-7-9-18(21)20-14-5-6-15-22-4/h10-13H,5-9,14-15H2,1-4H3,(H,20,21). The first kappa shape index (κ1) is 18.7. The molecule has 3 heteroatoms. The minimum atomic E-state index is 0.156. The summed E-state index contributed by atoms with van der Waals surface area (Å²) in [5.74, 6) is 0.156. The quantitative estimate of drug-likeness (QED) is 0.704. The maximum absolute atomic E-state index is 11.7. The predicted molar refractivity (Wildman–Crippen MR) is 92.2 cm³/mol. The number of nitrogens with one attached hydrogen (secondary N) is 1. The number of unbranched alkanes of at least 4 members (excludes halogenated alkanes) is 1. The molecule has 1 amide bonds. The van der Waals surface area contributed by atoms with Gasteiger partial charge in [-0.2, -0.15) is 0 Å². The van der Waals surface area contributed by atoms with Gasteiger partial charge in [0.2, 0.25) is 5.91 Å². The Morgan fingerprint density at radius 1 is 1.09 bits per heavy atom. The van der Waals surface area contributed by atoms with Crippen LogP contribution < -0.4 is 5.32 Å². The topological polar surface area (TPSA) is 38.3 Å². The average Bonchev–Trinajstić information content (AvgIpc) is 2.46. The number of rotatable bonds is 9. The van der Waals surface area contributed by atoms with Crippen LogP contribution >= 0.6 is 0 Å². The fraction of sp³-hybridized carbons (Fsp3) is 0.632. The first-order valence-corrected chi connectivity index (χ1v) is 8.28. The molecule has 0 aliphatic carbocycles. The molecule has 0 aliphatic rings. The Hall–Kier alpha value is -1.35. The van der Waals surface area contributed by atoms with Crippen molar-refractivity contribution in [1.82, 2.24) is 5.32 Å². The SMILES string of the molecule is COCCCCNC(=O)CCCc1ccc(C(C)(C)C)cc1. The highest BCUT2D eigenvalue weighted by Crippen LogP contribution is 2.22. The van der Waals surface area contributed by atoms with Crippen LogP contribution in [0.4, 0.5) is 0 Å². The number of carbonyl (C=O) groups excluding carboxylic acids is 1. The average molecular weight is 305 g/mol. The molecule has 0 heterocycles. The van der Waals surface area contributed by atoms with E-state index >= 15 is 0 Å². The van der Waals surface area contributed by atoms with Gasteiger partial charge in [-0.1, -0.05) is 45.0 Å². The van der Waals surface area contributed by atoms with Gasteiger partial charge >= 0.3 is 0 Å². The van der Waals surface area contributed by atoms with E-state index in [9.17, 15) is 4.79 Å². The van der Waals surface area contributed by atoms with Crippen LogP contribution in [0.3, 0.4) is 0 Å². The summed E-state index contributed by atoms with van der Waals surface area (Å²) in [5, 5.41) is 2.96. The molecule has 1 aromatic carbocycles. The molecule has 1 N–H and O–H groups in total. The van der Waals surface area contributed by atoms with Crippen molar-refractivity contribution in [1.29, 1.82) is 0 Å². The van der Waals surface area contributed by atoms with E-state index in [1.807, 2.05) is 0 Å². The molecular formula is C19H31NO2. The van der Waals surface area contributed by atoms with Gasteiger partial charge in [-0.15, -0.1) is 0 Å². The number of methoxy groups -OCH3 is 1. The van der Waals surface area contributed by atoms with Crippen LogP contribution in [0.15, 0.2) is 24.3 Å². The molecule has 1 aromatic rings. The van der Waals surface area contributed by atoms with Crippen molar-refractivity contribution in [2.24, 2.45) is 0 Å². The third-order valence-electron chi connectivity index (χ3n) is 3.79. The van der Waals surface area contributed by atoms with Crippen LogP contribution in [0.5, 0.6) is 0 Å². The number of hydrogen-bond acceptors (Lipinski definition) is 2. The van der Waals surface area contributed by atoms with Gasteiger partial charge in [0, 0.05) is 26.7 Å². The zero-order chi connectivity index (χ0) is 16.4. The lowest BCUT2D eigenvalue weighted by atomic mass is 9.86. The van der Waals surface area contributed by atoms with Gasteiger partial charge in [-0.05, 0) is 42.2 Å². The van der Waals surface area contributed by atoms with Crippen molar-refractivity contribution in [2.45, 2.75) is 58.3 Å². The van der Waals surface area contributed by atoms with Crippen molar-refractivity contribution >= 4 is 5.91 Å². The monoisotopic (exact) mass is 305 g/mol. The van der Waals surface area contributed by atoms with E-state index in [2.05, 4.69) is 50.4 Å². The summed E-state index contributed by atoms with van der Waals surface area (Å²) in [6.45, 7) is 8.18. The maximum atomic E-state index is 11.7. The highest BCUT2D eigenvalue weighted by Gasteiger charge is 2.12. The first-order valence-electron chi connectivity index (χ1n) is 8.28. The largest absolute Gasteiger partial charge is 0.385 e. The van der Waals surface area contributed by atoms with Crippen LogP contribution in [0.2, 0.25) is 0 Å². The van der Waals surface area contributed by atoms with E-state index in [-0.39, 0.29) is 11.3 Å². The molecule has 22 heavy (non-hydrogen) atoms. The van der Waals surface area contributed by atoms with Gasteiger partial charge < -0.3 is 10.1 Å². The summed E-state index contributed by atoms with van der Waals surface area (Å²) < 4.78 is 4.98. The molecule has 0 bridgehead atoms. The summed E-state index contributed by atoms with van der Waals surface area (Å²) in [6.07, 6.45) is 4.44. The number of amides is 1. The Labute approximate surface area is 135 Å². The van der Waals surface area contributed by atoms with Crippen molar-refractivity contribution in [3.05, 3.63) is 35.4 Å². The Bertz CT molecular complexity index is 432. The molecule has 0 fully saturated rings. The molecule has 1 rings (SSSR count). The van der Waals surface area contributed by atoms with Crippen LogP contribution in [0.1, 0.15) is 57.6 Å². The molecule has 0 aliphatic heterocycles. The fourth-order valence-corrected chi connectivity index (χ4v) is 2.31. The van der Waals surface area contributed by atoms with Gasteiger partial charge in [0.05, 0.1) is 0 Å². The zero-order valence-electron chi connectivity index (χ0n) is 14.6. The summed E-state index contributed by atoms with van der Waals surface area (Å²) in [7, 11) is 1.70. The molecule has 0 atom stereocenters. The molecular weight excluding hydrogens is 274 g/mol. The molecule has 0 saturated heterocycles. The lowest BCUT2D eigenvalue weighted by molar-refractivity contribution is -0.121. The molecule has 0 unspecified atom stereocenters. The van der Waals surface area contributed by atoms with E-state index in [1.165, 1.54) is 11.1 Å². The molecule has 3 nitrogen and oxygen atoms in total. The number of carbonyl (C=O) groups is 1. The number of aryl methyl sites for hydroxylation is 1. The second-order valence-corrected chi connectivity index (χ2v) is 6.85. The van der Waals surface area contributed by atoms with Gasteiger partial charge in [-0.3, -0.25) is 4.79 Å². The van der Waals surface area contributed by atoms with E-state index < -0.39 is 0 Å². The smallest absolute Gasteiger partial charge is 0.220 e. The molecule has 0 spiro atoms. The number of hydrogen-bond donors (Lipinski definition) is 1. The second-order valence-electron chi connectivity index (χ2n) is 6.85. The van der Waals surface area contributed by atoms with Crippen molar-refractivity contribution < 1.29 is 9.53 Å². The molecule has 0 saturated carbocycles. The molecule has 0 aromatic heterocycles. The normalized spacial score (nSPS) is 11.5. The lowest BCUT2D eigenvalue weighted by Crippen LogP contribution is -2.24. The fourth-order valence-electron chi connectivity index (χ4n) is 2.31. The van der Waals surface area contributed by atoms with Crippen molar-refractivity contribution in [2.75, 3.05) is 20.3 Å². The Morgan fingerprint density at radius 3 is 2.36 bits per heavy atom. The highest BCUT2D eigenvalue weighted by molar-refractivity contribution is 5.75.